The number of carbonyl (C=O) groups is 1. The van der Waals surface area contributed by atoms with Crippen LogP contribution in [0.15, 0.2) is 24.3 Å². The number of nitrogens with zero attached hydrogens (tertiary/aromatic N) is 1. The molecular formula is C17H22N2OS. The molecule has 1 aliphatic rings. The minimum Gasteiger partial charge on any atom is -0.337 e. The fourth-order valence-electron chi connectivity index (χ4n) is 2.75. The van der Waals surface area contributed by atoms with Crippen molar-refractivity contribution in [3.63, 3.8) is 0 Å². The van der Waals surface area contributed by atoms with Crippen LogP contribution in [0.4, 0.5) is 0 Å². The summed E-state index contributed by atoms with van der Waals surface area (Å²) in [6.07, 6.45) is 4.81. The molecule has 2 rings (SSSR count). The number of hydrogen-bond donors (Lipinski definition) is 1. The molecule has 0 atom stereocenters. The second kappa shape index (κ2) is 7.51. The van der Waals surface area contributed by atoms with Crippen molar-refractivity contribution in [1.82, 2.24) is 5.32 Å². The fraction of sp³-hybridized carbons (Fsp3) is 0.529. The predicted octanol–water partition coefficient (Wildman–Crippen LogP) is 3.57. The molecule has 0 radical (unpaired) electrons. The lowest BCUT2D eigenvalue weighted by Crippen LogP contribution is -2.49. The minimum atomic E-state index is -0.613. The van der Waals surface area contributed by atoms with Crippen LogP contribution in [0.3, 0.4) is 0 Å². The Kier molecular flexibility index (Phi) is 5.69. The third-order valence-corrected chi connectivity index (χ3v) is 5.03. The fourth-order valence-corrected chi connectivity index (χ4v) is 3.65. The molecule has 1 aromatic carbocycles. The Bertz CT molecular complexity index is 530. The number of rotatable bonds is 5. The molecule has 1 saturated carbocycles. The van der Waals surface area contributed by atoms with Gasteiger partial charge in [0, 0.05) is 5.75 Å². The Morgan fingerprint density at radius 1 is 1.33 bits per heavy atom. The van der Waals surface area contributed by atoms with Gasteiger partial charge in [-0.15, -0.1) is 11.8 Å². The van der Waals surface area contributed by atoms with Gasteiger partial charge in [-0.3, -0.25) is 4.79 Å². The second-order valence-electron chi connectivity index (χ2n) is 5.72. The van der Waals surface area contributed by atoms with Crippen LogP contribution in [-0.2, 0) is 10.5 Å². The molecule has 3 nitrogen and oxygen atoms in total. The molecule has 1 amide bonds. The van der Waals surface area contributed by atoms with Gasteiger partial charge in [-0.05, 0) is 30.9 Å². The second-order valence-corrected chi connectivity index (χ2v) is 6.71. The maximum atomic E-state index is 12.1. The zero-order chi connectivity index (χ0) is 15.1. The standard InChI is InChI=1S/C17H22N2OS/c1-14-7-3-4-8-15(14)11-21-12-16(20)19-17(13-18)9-5-2-6-10-17/h3-4,7-8H,2,5-6,9-12H2,1H3,(H,19,20). The topological polar surface area (TPSA) is 52.9 Å². The first kappa shape index (κ1) is 15.9. The summed E-state index contributed by atoms with van der Waals surface area (Å²) in [6, 6.07) is 10.6. The van der Waals surface area contributed by atoms with Crippen molar-refractivity contribution in [2.45, 2.75) is 50.3 Å². The van der Waals surface area contributed by atoms with E-state index in [2.05, 4.69) is 30.4 Å². The predicted molar refractivity (Wildman–Crippen MR) is 86.9 cm³/mol. The zero-order valence-electron chi connectivity index (χ0n) is 12.5. The van der Waals surface area contributed by atoms with E-state index in [0.717, 1.165) is 31.4 Å². The maximum absolute atomic E-state index is 12.1. The molecule has 0 unspecified atom stereocenters. The van der Waals surface area contributed by atoms with E-state index in [1.165, 1.54) is 17.5 Å². The lowest BCUT2D eigenvalue weighted by molar-refractivity contribution is -0.120. The van der Waals surface area contributed by atoms with Crippen LogP contribution >= 0.6 is 11.8 Å². The highest BCUT2D eigenvalue weighted by molar-refractivity contribution is 7.99. The Morgan fingerprint density at radius 3 is 2.71 bits per heavy atom. The number of amides is 1. The highest BCUT2D eigenvalue weighted by Gasteiger charge is 2.33. The average Bonchev–Trinajstić information content (AvgIpc) is 2.50. The summed E-state index contributed by atoms with van der Waals surface area (Å²) < 4.78 is 0. The number of nitriles is 1. The van der Waals surface area contributed by atoms with Crippen molar-refractivity contribution < 1.29 is 4.79 Å². The molecule has 112 valence electrons. The largest absolute Gasteiger partial charge is 0.337 e. The molecule has 0 saturated heterocycles. The molecule has 4 heteroatoms. The van der Waals surface area contributed by atoms with E-state index in [1.54, 1.807) is 11.8 Å². The Hall–Kier alpha value is -1.47. The summed E-state index contributed by atoms with van der Waals surface area (Å²) >= 11 is 1.60. The van der Waals surface area contributed by atoms with Gasteiger partial charge < -0.3 is 5.32 Å². The molecule has 0 aliphatic heterocycles. The first-order valence-electron chi connectivity index (χ1n) is 7.50. The Labute approximate surface area is 131 Å². The number of carbonyl (C=O) groups excluding carboxylic acids is 1. The van der Waals surface area contributed by atoms with Crippen LogP contribution in [0.2, 0.25) is 0 Å². The summed E-state index contributed by atoms with van der Waals surface area (Å²) in [7, 11) is 0. The number of hydrogen-bond acceptors (Lipinski definition) is 3. The normalized spacial score (nSPS) is 17.0. The molecule has 0 spiro atoms. The van der Waals surface area contributed by atoms with Gasteiger partial charge in [0.15, 0.2) is 0 Å². The van der Waals surface area contributed by atoms with Crippen molar-refractivity contribution in [2.75, 3.05) is 5.75 Å². The van der Waals surface area contributed by atoms with Crippen LogP contribution in [0.25, 0.3) is 0 Å². The van der Waals surface area contributed by atoms with Gasteiger partial charge in [0.1, 0.15) is 5.54 Å². The van der Waals surface area contributed by atoms with E-state index in [0.29, 0.717) is 5.75 Å². The third kappa shape index (κ3) is 4.50. The molecule has 0 aromatic heterocycles. The van der Waals surface area contributed by atoms with Gasteiger partial charge in [0.2, 0.25) is 5.91 Å². The molecule has 21 heavy (non-hydrogen) atoms. The van der Waals surface area contributed by atoms with E-state index in [1.807, 2.05) is 12.1 Å². The monoisotopic (exact) mass is 302 g/mol. The summed E-state index contributed by atoms with van der Waals surface area (Å²) in [5.41, 5.74) is 1.91. The maximum Gasteiger partial charge on any atom is 0.231 e. The smallest absolute Gasteiger partial charge is 0.231 e. The van der Waals surface area contributed by atoms with Crippen LogP contribution in [0, 0.1) is 18.3 Å². The van der Waals surface area contributed by atoms with E-state index in [9.17, 15) is 10.1 Å². The van der Waals surface area contributed by atoms with Crippen molar-refractivity contribution in [3.8, 4) is 6.07 Å². The average molecular weight is 302 g/mol. The van der Waals surface area contributed by atoms with Crippen LogP contribution in [0.5, 0.6) is 0 Å². The number of aryl methyl sites for hydroxylation is 1. The van der Waals surface area contributed by atoms with E-state index in [-0.39, 0.29) is 5.91 Å². The Balaban J connectivity index is 1.80. The first-order valence-corrected chi connectivity index (χ1v) is 8.65. The van der Waals surface area contributed by atoms with E-state index in [4.69, 9.17) is 0 Å². The zero-order valence-corrected chi connectivity index (χ0v) is 13.3. The van der Waals surface area contributed by atoms with Gasteiger partial charge >= 0.3 is 0 Å². The van der Waals surface area contributed by atoms with Gasteiger partial charge in [0.25, 0.3) is 0 Å². The molecule has 1 N–H and O–H groups in total. The number of thioether (sulfide) groups is 1. The van der Waals surface area contributed by atoms with Crippen molar-refractivity contribution >= 4 is 17.7 Å². The third-order valence-electron chi connectivity index (χ3n) is 4.05. The van der Waals surface area contributed by atoms with Crippen molar-refractivity contribution in [1.29, 1.82) is 5.26 Å². The van der Waals surface area contributed by atoms with Crippen molar-refractivity contribution in [3.05, 3.63) is 35.4 Å². The van der Waals surface area contributed by atoms with Gasteiger partial charge in [-0.1, -0.05) is 43.5 Å². The summed E-state index contributed by atoms with van der Waals surface area (Å²) in [5.74, 6) is 1.23. The minimum absolute atomic E-state index is 0.0166. The first-order chi connectivity index (χ1) is 10.2. The lowest BCUT2D eigenvalue weighted by Gasteiger charge is -2.31. The summed E-state index contributed by atoms with van der Waals surface area (Å²) in [5, 5.41) is 12.3. The van der Waals surface area contributed by atoms with Gasteiger partial charge in [-0.25, -0.2) is 0 Å². The molecular weight excluding hydrogens is 280 g/mol. The number of nitrogens with one attached hydrogen (secondary N) is 1. The van der Waals surface area contributed by atoms with Gasteiger partial charge in [0.05, 0.1) is 11.8 Å². The highest BCUT2D eigenvalue weighted by atomic mass is 32.2. The van der Waals surface area contributed by atoms with Gasteiger partial charge in [-0.2, -0.15) is 5.26 Å². The van der Waals surface area contributed by atoms with Crippen LogP contribution in [0.1, 0.15) is 43.2 Å². The molecule has 1 aromatic rings. The molecule has 1 aliphatic carbocycles. The summed E-state index contributed by atoms with van der Waals surface area (Å²) in [6.45, 7) is 2.09. The van der Waals surface area contributed by atoms with E-state index >= 15 is 0 Å². The van der Waals surface area contributed by atoms with Crippen molar-refractivity contribution in [2.24, 2.45) is 0 Å². The molecule has 0 heterocycles. The lowest BCUT2D eigenvalue weighted by atomic mass is 9.83. The number of benzene rings is 1. The quantitative estimate of drug-likeness (QED) is 0.904. The van der Waals surface area contributed by atoms with Crippen LogP contribution < -0.4 is 5.32 Å². The van der Waals surface area contributed by atoms with Crippen LogP contribution in [-0.4, -0.2) is 17.2 Å². The van der Waals surface area contributed by atoms with E-state index < -0.39 is 5.54 Å². The SMILES string of the molecule is Cc1ccccc1CSCC(=O)NC1(C#N)CCCCC1. The summed E-state index contributed by atoms with van der Waals surface area (Å²) in [4.78, 5) is 12.1. The highest BCUT2D eigenvalue weighted by Crippen LogP contribution is 2.27. The molecule has 0 bridgehead atoms. The molecule has 1 fully saturated rings. The Morgan fingerprint density at radius 2 is 2.05 bits per heavy atom.